The van der Waals surface area contributed by atoms with Gasteiger partial charge in [-0.05, 0) is 31.9 Å². The van der Waals surface area contributed by atoms with Gasteiger partial charge in [0, 0.05) is 0 Å². The number of benzene rings is 1. The Balaban J connectivity index is 0.000000791. The summed E-state index contributed by atoms with van der Waals surface area (Å²) in [6, 6.07) is 10.3. The molecule has 0 aromatic heterocycles. The molecular formula is C13H19N. The van der Waals surface area contributed by atoms with E-state index >= 15 is 0 Å². The van der Waals surface area contributed by atoms with Gasteiger partial charge >= 0.3 is 0 Å². The van der Waals surface area contributed by atoms with Crippen molar-refractivity contribution in [3.05, 3.63) is 35.4 Å². The van der Waals surface area contributed by atoms with Gasteiger partial charge in [-0.2, -0.15) is 5.26 Å². The summed E-state index contributed by atoms with van der Waals surface area (Å²) in [6.07, 6.45) is 0. The molecule has 0 heterocycles. The van der Waals surface area contributed by atoms with E-state index in [0.29, 0.717) is 0 Å². The van der Waals surface area contributed by atoms with Crippen LogP contribution in [0.3, 0.4) is 0 Å². The largest absolute Gasteiger partial charge is 0.197 e. The Hall–Kier alpha value is -1.29. The Morgan fingerprint density at radius 2 is 1.64 bits per heavy atom. The Morgan fingerprint density at radius 1 is 1.14 bits per heavy atom. The van der Waals surface area contributed by atoms with Crippen molar-refractivity contribution in [1.29, 1.82) is 5.26 Å². The SMILES string of the molecule is CC.Cc1ccccc1C(C)(C)C#N. The van der Waals surface area contributed by atoms with Crippen LogP contribution in [0.1, 0.15) is 38.8 Å². The van der Waals surface area contributed by atoms with E-state index in [4.69, 9.17) is 5.26 Å². The number of aryl methyl sites for hydroxylation is 1. The monoisotopic (exact) mass is 189 g/mol. The standard InChI is InChI=1S/C11H13N.C2H6/c1-9-6-4-5-7-10(9)11(2,3)8-12;1-2/h4-7H,1-3H3;1-2H3. The molecule has 1 aromatic rings. The Kier molecular flexibility index (Phi) is 4.94. The van der Waals surface area contributed by atoms with Gasteiger partial charge in [-0.15, -0.1) is 0 Å². The molecular weight excluding hydrogens is 170 g/mol. The van der Waals surface area contributed by atoms with Crippen LogP contribution in [-0.4, -0.2) is 0 Å². The van der Waals surface area contributed by atoms with Gasteiger partial charge < -0.3 is 0 Å². The van der Waals surface area contributed by atoms with Gasteiger partial charge in [-0.1, -0.05) is 38.1 Å². The fourth-order valence-corrected chi connectivity index (χ4v) is 1.33. The summed E-state index contributed by atoms with van der Waals surface area (Å²) < 4.78 is 0. The van der Waals surface area contributed by atoms with Gasteiger partial charge in [-0.25, -0.2) is 0 Å². The molecule has 0 amide bonds. The van der Waals surface area contributed by atoms with Gasteiger partial charge in [0.25, 0.3) is 0 Å². The minimum atomic E-state index is -0.370. The molecule has 0 unspecified atom stereocenters. The quantitative estimate of drug-likeness (QED) is 0.658. The Bertz CT molecular complexity index is 318. The smallest absolute Gasteiger partial charge is 0.0768 e. The van der Waals surface area contributed by atoms with Crippen LogP contribution in [0.15, 0.2) is 24.3 Å². The topological polar surface area (TPSA) is 23.8 Å². The lowest BCUT2D eigenvalue weighted by molar-refractivity contribution is 0.681. The van der Waals surface area contributed by atoms with Crippen LogP contribution in [-0.2, 0) is 5.41 Å². The number of hydrogen-bond acceptors (Lipinski definition) is 1. The van der Waals surface area contributed by atoms with E-state index in [9.17, 15) is 0 Å². The van der Waals surface area contributed by atoms with Crippen LogP contribution in [0, 0.1) is 18.3 Å². The second-order valence-corrected chi connectivity index (χ2v) is 3.55. The molecule has 0 spiro atoms. The highest BCUT2D eigenvalue weighted by Gasteiger charge is 2.20. The molecule has 0 fully saturated rings. The van der Waals surface area contributed by atoms with E-state index in [1.807, 2.05) is 58.9 Å². The zero-order chi connectivity index (χ0) is 11.2. The number of rotatable bonds is 1. The van der Waals surface area contributed by atoms with E-state index in [2.05, 4.69) is 6.07 Å². The third-order valence-electron chi connectivity index (χ3n) is 2.10. The molecule has 0 aliphatic heterocycles. The average Bonchev–Trinajstić information content (AvgIpc) is 2.21. The van der Waals surface area contributed by atoms with E-state index in [-0.39, 0.29) is 5.41 Å². The van der Waals surface area contributed by atoms with Gasteiger partial charge in [-0.3, -0.25) is 0 Å². The first-order chi connectivity index (χ1) is 6.58. The molecule has 0 N–H and O–H groups in total. The van der Waals surface area contributed by atoms with Gasteiger partial charge in [0.05, 0.1) is 11.5 Å². The third kappa shape index (κ3) is 2.88. The fraction of sp³-hybridized carbons (Fsp3) is 0.462. The molecule has 76 valence electrons. The zero-order valence-corrected chi connectivity index (χ0v) is 9.76. The van der Waals surface area contributed by atoms with Gasteiger partial charge in [0.15, 0.2) is 0 Å². The molecule has 0 atom stereocenters. The number of nitrogens with zero attached hydrogens (tertiary/aromatic N) is 1. The van der Waals surface area contributed by atoms with Crippen molar-refractivity contribution in [3.8, 4) is 6.07 Å². The van der Waals surface area contributed by atoms with E-state index < -0.39 is 0 Å². The van der Waals surface area contributed by atoms with Crippen molar-refractivity contribution in [2.45, 2.75) is 40.0 Å². The van der Waals surface area contributed by atoms with E-state index in [1.54, 1.807) is 0 Å². The maximum Gasteiger partial charge on any atom is 0.0768 e. The molecule has 0 bridgehead atoms. The number of nitriles is 1. The van der Waals surface area contributed by atoms with E-state index in [1.165, 1.54) is 5.56 Å². The van der Waals surface area contributed by atoms with Crippen LogP contribution in [0.2, 0.25) is 0 Å². The van der Waals surface area contributed by atoms with Crippen LogP contribution in [0.25, 0.3) is 0 Å². The minimum absolute atomic E-state index is 0.370. The Labute approximate surface area is 87.4 Å². The molecule has 0 saturated carbocycles. The second kappa shape index (κ2) is 5.44. The second-order valence-electron chi connectivity index (χ2n) is 3.55. The molecule has 1 rings (SSSR count). The van der Waals surface area contributed by atoms with Crippen molar-refractivity contribution in [3.63, 3.8) is 0 Å². The Morgan fingerprint density at radius 3 is 2.07 bits per heavy atom. The van der Waals surface area contributed by atoms with Crippen LogP contribution >= 0.6 is 0 Å². The molecule has 0 radical (unpaired) electrons. The summed E-state index contributed by atoms with van der Waals surface area (Å²) in [5.74, 6) is 0. The summed E-state index contributed by atoms with van der Waals surface area (Å²) in [7, 11) is 0. The van der Waals surface area contributed by atoms with Crippen LogP contribution in [0.4, 0.5) is 0 Å². The highest BCUT2D eigenvalue weighted by atomic mass is 14.3. The van der Waals surface area contributed by atoms with E-state index in [0.717, 1.165) is 5.56 Å². The molecule has 1 heteroatoms. The summed E-state index contributed by atoms with van der Waals surface area (Å²) >= 11 is 0. The van der Waals surface area contributed by atoms with Gasteiger partial charge in [0.2, 0.25) is 0 Å². The molecule has 1 nitrogen and oxygen atoms in total. The molecule has 1 aromatic carbocycles. The van der Waals surface area contributed by atoms with Crippen molar-refractivity contribution >= 4 is 0 Å². The third-order valence-corrected chi connectivity index (χ3v) is 2.10. The highest BCUT2D eigenvalue weighted by molar-refractivity contribution is 5.36. The summed E-state index contributed by atoms with van der Waals surface area (Å²) in [5.41, 5.74) is 1.93. The lowest BCUT2D eigenvalue weighted by Gasteiger charge is -2.17. The highest BCUT2D eigenvalue weighted by Crippen LogP contribution is 2.24. The minimum Gasteiger partial charge on any atom is -0.197 e. The first-order valence-electron chi connectivity index (χ1n) is 5.05. The van der Waals surface area contributed by atoms with Crippen molar-refractivity contribution in [2.24, 2.45) is 0 Å². The molecule has 14 heavy (non-hydrogen) atoms. The lowest BCUT2D eigenvalue weighted by atomic mass is 9.84. The predicted molar refractivity (Wildman–Crippen MR) is 61.2 cm³/mol. The van der Waals surface area contributed by atoms with Crippen molar-refractivity contribution < 1.29 is 0 Å². The van der Waals surface area contributed by atoms with Crippen LogP contribution < -0.4 is 0 Å². The predicted octanol–water partition coefficient (Wildman–Crippen LogP) is 3.82. The summed E-state index contributed by atoms with van der Waals surface area (Å²) in [5, 5.41) is 8.92. The average molecular weight is 189 g/mol. The number of hydrogen-bond donors (Lipinski definition) is 0. The molecule has 0 aliphatic carbocycles. The maximum atomic E-state index is 8.92. The van der Waals surface area contributed by atoms with Gasteiger partial charge in [0.1, 0.15) is 0 Å². The molecule has 0 saturated heterocycles. The summed E-state index contributed by atoms with van der Waals surface area (Å²) in [6.45, 7) is 9.92. The molecule has 0 aliphatic rings. The van der Waals surface area contributed by atoms with Crippen molar-refractivity contribution in [1.82, 2.24) is 0 Å². The normalized spacial score (nSPS) is 9.71. The maximum absolute atomic E-state index is 8.92. The first kappa shape index (κ1) is 12.7. The summed E-state index contributed by atoms with van der Waals surface area (Å²) in [4.78, 5) is 0. The van der Waals surface area contributed by atoms with Crippen LogP contribution in [0.5, 0.6) is 0 Å². The van der Waals surface area contributed by atoms with Crippen molar-refractivity contribution in [2.75, 3.05) is 0 Å². The lowest BCUT2D eigenvalue weighted by Crippen LogP contribution is -2.15. The fourth-order valence-electron chi connectivity index (χ4n) is 1.33. The zero-order valence-electron chi connectivity index (χ0n) is 9.76. The first-order valence-corrected chi connectivity index (χ1v) is 5.05.